The van der Waals surface area contributed by atoms with Crippen LogP contribution in [0, 0.1) is 6.92 Å². The summed E-state index contributed by atoms with van der Waals surface area (Å²) in [5.41, 5.74) is 6.03. The van der Waals surface area contributed by atoms with Gasteiger partial charge in [0.15, 0.2) is 8.96 Å². The summed E-state index contributed by atoms with van der Waals surface area (Å²) in [7, 11) is -0.714. The lowest BCUT2D eigenvalue weighted by Crippen LogP contribution is -2.30. The first-order valence-corrected chi connectivity index (χ1v) is 10.7. The lowest BCUT2D eigenvalue weighted by atomic mass is 10.1. The largest absolute Gasteiger partial charge is 0.368 e. The fraction of sp³-hybridized carbons (Fsp3) is 0.143. The van der Waals surface area contributed by atoms with Gasteiger partial charge in [0.05, 0.1) is 11.4 Å². The predicted octanol–water partition coefficient (Wildman–Crippen LogP) is 6.13. The molecule has 0 saturated heterocycles. The number of nitrogens with one attached hydrogen (secondary N) is 1. The molecule has 0 unspecified atom stereocenters. The van der Waals surface area contributed by atoms with E-state index in [1.54, 1.807) is 0 Å². The summed E-state index contributed by atoms with van der Waals surface area (Å²) in [4.78, 5) is 0. The number of hydrogen-bond donors (Lipinski definition) is 1. The molecule has 0 aromatic heterocycles. The van der Waals surface area contributed by atoms with Gasteiger partial charge in [0.2, 0.25) is 0 Å². The minimum atomic E-state index is -0.714. The molecule has 3 heteroatoms. The second-order valence-corrected chi connectivity index (χ2v) is 8.42. The molecule has 1 radical (unpaired) electrons. The molecule has 0 aliphatic heterocycles. The minimum absolute atomic E-state index is 0.714. The highest BCUT2D eigenvalue weighted by atomic mass is 28.3. The van der Waals surface area contributed by atoms with Gasteiger partial charge in [0, 0.05) is 11.4 Å². The van der Waals surface area contributed by atoms with E-state index in [-0.39, 0.29) is 0 Å². The van der Waals surface area contributed by atoms with Gasteiger partial charge in [0.25, 0.3) is 0 Å². The van der Waals surface area contributed by atoms with Crippen LogP contribution in [0.25, 0.3) is 0 Å². The molecule has 3 aromatic rings. The summed E-state index contributed by atoms with van der Waals surface area (Å²) in [6, 6.07) is 27.5. The molecule has 24 heavy (non-hydrogen) atoms. The Hall–Kier alpha value is -2.52. The highest BCUT2D eigenvalue weighted by Gasteiger charge is 2.18. The summed E-state index contributed by atoms with van der Waals surface area (Å²) in [5.74, 6) is 0. The Balaban J connectivity index is 2.08. The topological polar surface area (TPSA) is 15.3 Å². The van der Waals surface area contributed by atoms with Gasteiger partial charge in [-0.05, 0) is 42.8 Å². The third-order valence-corrected chi connectivity index (χ3v) is 5.39. The van der Waals surface area contributed by atoms with Crippen molar-refractivity contribution < 1.29 is 0 Å². The summed E-state index contributed by atoms with van der Waals surface area (Å²) in [6.45, 7) is 6.81. The predicted molar refractivity (Wildman–Crippen MR) is 107 cm³/mol. The number of anilines is 4. The molecule has 3 rings (SSSR count). The van der Waals surface area contributed by atoms with E-state index >= 15 is 0 Å². The Morgan fingerprint density at radius 3 is 2.00 bits per heavy atom. The van der Waals surface area contributed by atoms with Crippen molar-refractivity contribution in [3.8, 4) is 0 Å². The Bertz CT molecular complexity index is 785. The van der Waals surface area contributed by atoms with Gasteiger partial charge in [-0.2, -0.15) is 0 Å². The number of hydrogen-bond acceptors (Lipinski definition) is 2. The van der Waals surface area contributed by atoms with E-state index < -0.39 is 8.96 Å². The number of nitrogens with zero attached hydrogens (tertiary/aromatic N) is 1. The minimum Gasteiger partial charge on any atom is -0.368 e. The van der Waals surface area contributed by atoms with E-state index in [9.17, 15) is 0 Å². The van der Waals surface area contributed by atoms with Gasteiger partial charge < -0.3 is 9.88 Å². The molecule has 0 bridgehead atoms. The standard InChI is InChI=1S/C21H23N2Si/c1-17-11-10-16-20(21(17)22-18-12-6-4-7-13-18)23(24(2)3)19-14-8-5-9-15-19/h4-16,22H,1-3H3. The van der Waals surface area contributed by atoms with E-state index in [2.05, 4.69) is 103 Å². The maximum Gasteiger partial charge on any atom is 0.169 e. The van der Waals surface area contributed by atoms with E-state index in [1.807, 2.05) is 6.07 Å². The van der Waals surface area contributed by atoms with Crippen molar-refractivity contribution in [1.82, 2.24) is 0 Å². The van der Waals surface area contributed by atoms with Crippen molar-refractivity contribution in [2.45, 2.75) is 20.0 Å². The molecule has 2 nitrogen and oxygen atoms in total. The van der Waals surface area contributed by atoms with E-state index in [0.29, 0.717) is 0 Å². The van der Waals surface area contributed by atoms with Gasteiger partial charge >= 0.3 is 0 Å². The molecule has 0 heterocycles. The molecule has 0 spiro atoms. The maximum atomic E-state index is 3.62. The Morgan fingerprint density at radius 2 is 1.38 bits per heavy atom. The van der Waals surface area contributed by atoms with Crippen molar-refractivity contribution in [3.63, 3.8) is 0 Å². The van der Waals surface area contributed by atoms with Crippen LogP contribution >= 0.6 is 0 Å². The molecule has 1 N–H and O–H groups in total. The summed E-state index contributed by atoms with van der Waals surface area (Å²) >= 11 is 0. The van der Waals surface area contributed by atoms with Gasteiger partial charge in [-0.15, -0.1) is 0 Å². The highest BCUT2D eigenvalue weighted by molar-refractivity contribution is 6.62. The first-order chi connectivity index (χ1) is 11.7. The Kier molecular flexibility index (Phi) is 5.01. The van der Waals surface area contributed by atoms with Crippen LogP contribution in [0.15, 0.2) is 78.9 Å². The van der Waals surface area contributed by atoms with Crippen LogP contribution in [0.1, 0.15) is 5.56 Å². The first-order valence-electron chi connectivity index (χ1n) is 8.24. The second-order valence-electron chi connectivity index (χ2n) is 6.08. The van der Waals surface area contributed by atoms with Gasteiger partial charge in [0.1, 0.15) is 0 Å². The molecular weight excluding hydrogens is 308 g/mol. The van der Waals surface area contributed by atoms with Gasteiger partial charge in [-0.25, -0.2) is 0 Å². The first kappa shape index (κ1) is 16.3. The van der Waals surface area contributed by atoms with E-state index in [4.69, 9.17) is 0 Å². The molecule has 0 aliphatic rings. The quantitative estimate of drug-likeness (QED) is 0.566. The maximum absolute atomic E-state index is 3.62. The van der Waals surface area contributed by atoms with Crippen LogP contribution < -0.4 is 9.88 Å². The summed E-state index contributed by atoms with van der Waals surface area (Å²) < 4.78 is 2.48. The molecule has 0 saturated carbocycles. The lowest BCUT2D eigenvalue weighted by Gasteiger charge is -2.31. The highest BCUT2D eigenvalue weighted by Crippen LogP contribution is 2.36. The summed E-state index contributed by atoms with van der Waals surface area (Å²) in [5, 5.41) is 3.62. The molecule has 0 atom stereocenters. The van der Waals surface area contributed by atoms with Crippen LogP contribution in [0.4, 0.5) is 22.7 Å². The fourth-order valence-electron chi connectivity index (χ4n) is 2.88. The smallest absolute Gasteiger partial charge is 0.169 e. The molecule has 3 aromatic carbocycles. The van der Waals surface area contributed by atoms with Crippen molar-refractivity contribution in [2.24, 2.45) is 0 Å². The normalized spacial score (nSPS) is 10.7. The van der Waals surface area contributed by atoms with Gasteiger partial charge in [-0.1, -0.05) is 61.6 Å². The third kappa shape index (κ3) is 3.52. The Labute approximate surface area is 146 Å². The van der Waals surface area contributed by atoms with Crippen molar-refractivity contribution in [3.05, 3.63) is 84.4 Å². The van der Waals surface area contributed by atoms with E-state index in [1.165, 1.54) is 22.6 Å². The number of rotatable bonds is 5. The molecule has 0 fully saturated rings. The Morgan fingerprint density at radius 1 is 0.750 bits per heavy atom. The summed E-state index contributed by atoms with van der Waals surface area (Å²) in [6.07, 6.45) is 0. The fourth-order valence-corrected chi connectivity index (χ4v) is 4.22. The second kappa shape index (κ2) is 7.36. The van der Waals surface area contributed by atoms with Crippen LogP contribution in [0.3, 0.4) is 0 Å². The zero-order valence-corrected chi connectivity index (χ0v) is 15.5. The van der Waals surface area contributed by atoms with Crippen LogP contribution in [-0.2, 0) is 0 Å². The number of aryl methyl sites for hydroxylation is 1. The van der Waals surface area contributed by atoms with Crippen LogP contribution in [0.2, 0.25) is 13.1 Å². The van der Waals surface area contributed by atoms with Crippen LogP contribution in [0.5, 0.6) is 0 Å². The molecule has 0 amide bonds. The molecule has 0 aliphatic carbocycles. The molecular formula is C21H23N2Si. The van der Waals surface area contributed by atoms with Crippen molar-refractivity contribution >= 4 is 31.7 Å². The van der Waals surface area contributed by atoms with E-state index in [0.717, 1.165) is 5.69 Å². The zero-order valence-electron chi connectivity index (χ0n) is 14.5. The van der Waals surface area contributed by atoms with Crippen LogP contribution in [-0.4, -0.2) is 8.96 Å². The molecule has 121 valence electrons. The van der Waals surface area contributed by atoms with Gasteiger partial charge in [-0.3, -0.25) is 0 Å². The average molecular weight is 332 g/mol. The SMILES string of the molecule is Cc1cccc(N(c2ccccc2)[Si](C)C)c1Nc1ccccc1. The zero-order chi connectivity index (χ0) is 16.9. The number of benzene rings is 3. The van der Waals surface area contributed by atoms with Crippen molar-refractivity contribution in [1.29, 1.82) is 0 Å². The number of para-hydroxylation sites is 3. The monoisotopic (exact) mass is 331 g/mol. The lowest BCUT2D eigenvalue weighted by molar-refractivity contribution is 1.33. The van der Waals surface area contributed by atoms with Crippen molar-refractivity contribution in [2.75, 3.05) is 9.88 Å². The average Bonchev–Trinajstić information content (AvgIpc) is 2.59. The third-order valence-electron chi connectivity index (χ3n) is 4.00.